The molecule has 0 saturated carbocycles. The van der Waals surface area contributed by atoms with Gasteiger partial charge in [-0.3, -0.25) is 4.79 Å². The largest absolute Gasteiger partial charge is 0.361 e. The number of benzene rings is 1. The number of carbonyl (C=O) groups is 1. The molecule has 0 saturated heterocycles. The minimum absolute atomic E-state index is 0.201. The quantitative estimate of drug-likeness (QED) is 0.727. The van der Waals surface area contributed by atoms with Crippen LogP contribution in [-0.4, -0.2) is 22.4 Å². The lowest BCUT2D eigenvalue weighted by molar-refractivity contribution is 0.0954. The summed E-state index contributed by atoms with van der Waals surface area (Å²) in [4.78, 5) is 19.1. The van der Waals surface area contributed by atoms with Gasteiger partial charge in [0, 0.05) is 29.8 Å². The fourth-order valence-corrected chi connectivity index (χ4v) is 2.50. The van der Waals surface area contributed by atoms with Crippen LogP contribution in [0.2, 0.25) is 5.15 Å². The number of fused-ring (bicyclic) bond motifs is 1. The van der Waals surface area contributed by atoms with Crippen LogP contribution in [0.4, 0.5) is 0 Å². The fraction of sp³-hybridized carbons (Fsp3) is 0.125. The lowest BCUT2D eigenvalue weighted by Crippen LogP contribution is -2.26. The van der Waals surface area contributed by atoms with Crippen molar-refractivity contribution in [3.05, 3.63) is 65.1 Å². The number of amides is 1. The molecule has 0 aliphatic carbocycles. The second-order valence-electron chi connectivity index (χ2n) is 4.71. The monoisotopic (exact) mass is 299 g/mol. The Bertz CT molecular complexity index is 782. The predicted molar refractivity (Wildman–Crippen MR) is 83.6 cm³/mol. The van der Waals surface area contributed by atoms with E-state index in [2.05, 4.69) is 21.4 Å². The molecule has 0 fully saturated rings. The zero-order chi connectivity index (χ0) is 14.7. The summed E-state index contributed by atoms with van der Waals surface area (Å²) in [5.41, 5.74) is 2.69. The Labute approximate surface area is 127 Å². The summed E-state index contributed by atoms with van der Waals surface area (Å²) < 4.78 is 0. The van der Waals surface area contributed by atoms with Crippen LogP contribution in [0.3, 0.4) is 0 Å². The van der Waals surface area contributed by atoms with Crippen LogP contribution in [0, 0.1) is 0 Å². The first-order valence-corrected chi connectivity index (χ1v) is 7.07. The summed E-state index contributed by atoms with van der Waals surface area (Å²) in [7, 11) is 0. The number of para-hydroxylation sites is 1. The molecule has 0 atom stereocenters. The van der Waals surface area contributed by atoms with Gasteiger partial charge in [0.05, 0.1) is 5.56 Å². The van der Waals surface area contributed by atoms with E-state index in [1.807, 2.05) is 24.4 Å². The van der Waals surface area contributed by atoms with Gasteiger partial charge in [0.2, 0.25) is 0 Å². The van der Waals surface area contributed by atoms with Gasteiger partial charge in [-0.2, -0.15) is 0 Å². The first kappa shape index (κ1) is 13.6. The Balaban J connectivity index is 1.64. The van der Waals surface area contributed by atoms with Crippen LogP contribution in [0.15, 0.2) is 48.8 Å². The Morgan fingerprint density at radius 1 is 1.24 bits per heavy atom. The SMILES string of the molecule is O=C(NCCc1c[nH]c2ccccc12)c1cccnc1Cl. The van der Waals surface area contributed by atoms with Crippen molar-refractivity contribution in [3.8, 4) is 0 Å². The Hall–Kier alpha value is -2.33. The molecule has 1 aromatic carbocycles. The molecule has 0 aliphatic rings. The van der Waals surface area contributed by atoms with Gasteiger partial charge in [0.25, 0.3) is 5.91 Å². The third-order valence-corrected chi connectivity index (χ3v) is 3.66. The van der Waals surface area contributed by atoms with Gasteiger partial charge in [-0.1, -0.05) is 29.8 Å². The highest BCUT2D eigenvalue weighted by Gasteiger charge is 2.10. The number of hydrogen-bond donors (Lipinski definition) is 2. The Kier molecular flexibility index (Phi) is 3.88. The molecule has 106 valence electrons. The molecule has 0 radical (unpaired) electrons. The van der Waals surface area contributed by atoms with Gasteiger partial charge in [-0.15, -0.1) is 0 Å². The molecule has 4 nitrogen and oxygen atoms in total. The summed E-state index contributed by atoms with van der Waals surface area (Å²) >= 11 is 5.90. The van der Waals surface area contributed by atoms with Crippen molar-refractivity contribution in [1.82, 2.24) is 15.3 Å². The molecule has 5 heteroatoms. The number of hydrogen-bond acceptors (Lipinski definition) is 2. The maximum Gasteiger partial charge on any atom is 0.254 e. The van der Waals surface area contributed by atoms with E-state index in [9.17, 15) is 4.79 Å². The van der Waals surface area contributed by atoms with E-state index >= 15 is 0 Å². The summed E-state index contributed by atoms with van der Waals surface area (Å²) in [6.07, 6.45) is 4.30. The number of aromatic nitrogens is 2. The lowest BCUT2D eigenvalue weighted by Gasteiger charge is -2.05. The van der Waals surface area contributed by atoms with Crippen LogP contribution in [-0.2, 0) is 6.42 Å². The van der Waals surface area contributed by atoms with Gasteiger partial charge in [0.1, 0.15) is 5.15 Å². The molecule has 0 unspecified atom stereocenters. The molecular weight excluding hydrogens is 286 g/mol. The van der Waals surface area contributed by atoms with Crippen molar-refractivity contribution in [2.45, 2.75) is 6.42 Å². The number of nitrogens with one attached hydrogen (secondary N) is 2. The third-order valence-electron chi connectivity index (χ3n) is 3.36. The zero-order valence-corrected chi connectivity index (χ0v) is 12.0. The lowest BCUT2D eigenvalue weighted by atomic mass is 10.1. The van der Waals surface area contributed by atoms with Crippen LogP contribution in [0.25, 0.3) is 10.9 Å². The average molecular weight is 300 g/mol. The molecule has 3 rings (SSSR count). The van der Waals surface area contributed by atoms with Gasteiger partial charge >= 0.3 is 0 Å². The van der Waals surface area contributed by atoms with Crippen molar-refractivity contribution in [2.24, 2.45) is 0 Å². The first-order chi connectivity index (χ1) is 10.3. The summed E-state index contributed by atoms with van der Waals surface area (Å²) in [6.45, 7) is 0.548. The van der Waals surface area contributed by atoms with E-state index in [4.69, 9.17) is 11.6 Å². The molecule has 3 aromatic rings. The number of H-pyrrole nitrogens is 1. The minimum atomic E-state index is -0.201. The zero-order valence-electron chi connectivity index (χ0n) is 11.3. The van der Waals surface area contributed by atoms with Crippen molar-refractivity contribution >= 4 is 28.4 Å². The smallest absolute Gasteiger partial charge is 0.254 e. The van der Waals surface area contributed by atoms with E-state index < -0.39 is 0 Å². The van der Waals surface area contributed by atoms with E-state index in [1.165, 1.54) is 10.9 Å². The average Bonchev–Trinajstić information content (AvgIpc) is 2.91. The molecule has 1 amide bonds. The number of aromatic amines is 1. The highest BCUT2D eigenvalue weighted by atomic mass is 35.5. The maximum absolute atomic E-state index is 12.0. The predicted octanol–water partition coefficient (Wildman–Crippen LogP) is 3.19. The maximum atomic E-state index is 12.0. The number of carbonyl (C=O) groups excluding carboxylic acids is 1. The van der Waals surface area contributed by atoms with Crippen molar-refractivity contribution < 1.29 is 4.79 Å². The molecule has 0 bridgehead atoms. The Morgan fingerprint density at radius 2 is 2.10 bits per heavy atom. The third kappa shape index (κ3) is 2.90. The standard InChI is InChI=1S/C16H14ClN3O/c17-15-13(5-3-8-18-15)16(21)19-9-7-11-10-20-14-6-2-1-4-12(11)14/h1-6,8,10,20H,7,9H2,(H,19,21). The van der Waals surface area contributed by atoms with Crippen LogP contribution in [0.1, 0.15) is 15.9 Å². The molecule has 2 N–H and O–H groups in total. The van der Waals surface area contributed by atoms with E-state index in [0.29, 0.717) is 12.1 Å². The van der Waals surface area contributed by atoms with Gasteiger partial charge in [-0.25, -0.2) is 4.98 Å². The fourth-order valence-electron chi connectivity index (χ4n) is 2.30. The van der Waals surface area contributed by atoms with Crippen LogP contribution in [0.5, 0.6) is 0 Å². The first-order valence-electron chi connectivity index (χ1n) is 6.69. The number of pyridine rings is 1. The van der Waals surface area contributed by atoms with E-state index in [0.717, 1.165) is 11.9 Å². The molecular formula is C16H14ClN3O. The normalized spacial score (nSPS) is 10.7. The van der Waals surface area contributed by atoms with Gasteiger partial charge < -0.3 is 10.3 Å². The van der Waals surface area contributed by atoms with E-state index in [-0.39, 0.29) is 11.1 Å². The van der Waals surface area contributed by atoms with E-state index in [1.54, 1.807) is 18.3 Å². The molecule has 0 spiro atoms. The minimum Gasteiger partial charge on any atom is -0.361 e. The number of nitrogens with zero attached hydrogens (tertiary/aromatic N) is 1. The highest BCUT2D eigenvalue weighted by molar-refractivity contribution is 6.32. The molecule has 2 aromatic heterocycles. The van der Waals surface area contributed by atoms with Crippen molar-refractivity contribution in [3.63, 3.8) is 0 Å². The topological polar surface area (TPSA) is 57.8 Å². The summed E-state index contributed by atoms with van der Waals surface area (Å²) in [5, 5.41) is 4.28. The summed E-state index contributed by atoms with van der Waals surface area (Å²) in [5.74, 6) is -0.201. The van der Waals surface area contributed by atoms with Crippen LogP contribution >= 0.6 is 11.6 Å². The number of halogens is 1. The van der Waals surface area contributed by atoms with Gasteiger partial charge in [-0.05, 0) is 30.2 Å². The van der Waals surface area contributed by atoms with Crippen molar-refractivity contribution in [1.29, 1.82) is 0 Å². The number of rotatable bonds is 4. The second kappa shape index (κ2) is 5.97. The second-order valence-corrected chi connectivity index (χ2v) is 5.07. The highest BCUT2D eigenvalue weighted by Crippen LogP contribution is 2.17. The Morgan fingerprint density at radius 3 is 2.95 bits per heavy atom. The van der Waals surface area contributed by atoms with Crippen molar-refractivity contribution in [2.75, 3.05) is 6.54 Å². The van der Waals surface area contributed by atoms with Crippen LogP contribution < -0.4 is 5.32 Å². The molecule has 2 heterocycles. The molecule has 0 aliphatic heterocycles. The summed E-state index contributed by atoms with van der Waals surface area (Å²) in [6, 6.07) is 11.5. The van der Waals surface area contributed by atoms with Gasteiger partial charge in [0.15, 0.2) is 0 Å². The molecule has 21 heavy (non-hydrogen) atoms.